The number of methoxy groups -OCH3 is 1. The molecule has 0 bridgehead atoms. The summed E-state index contributed by atoms with van der Waals surface area (Å²) in [5.41, 5.74) is 0. The van der Waals surface area contributed by atoms with Crippen LogP contribution in [0.25, 0.3) is 0 Å². The van der Waals surface area contributed by atoms with Gasteiger partial charge in [-0.05, 0) is 0 Å². The number of aliphatic carboxylic acids is 1. The number of alkyl carbamates (subject to hydrolysis) is 1. The van der Waals surface area contributed by atoms with Crippen LogP contribution in [0.3, 0.4) is 0 Å². The molecule has 0 fully saturated rings. The highest BCUT2D eigenvalue weighted by molar-refractivity contribution is 5.68. The van der Waals surface area contributed by atoms with E-state index in [1.807, 2.05) is 0 Å². The van der Waals surface area contributed by atoms with Crippen LogP contribution in [0.1, 0.15) is 0 Å². The lowest BCUT2D eigenvalue weighted by molar-refractivity contribution is -0.142. The lowest BCUT2D eigenvalue weighted by atomic mass is 10.6. The Morgan fingerprint density at radius 2 is 2.17 bits per heavy atom. The van der Waals surface area contributed by atoms with Crippen molar-refractivity contribution in [3.05, 3.63) is 0 Å². The average molecular weight is 177 g/mol. The van der Waals surface area contributed by atoms with Crippen LogP contribution in [0.5, 0.6) is 0 Å². The number of amides is 1. The molecule has 0 aromatic heterocycles. The summed E-state index contributed by atoms with van der Waals surface area (Å²) in [4.78, 5) is 20.3. The van der Waals surface area contributed by atoms with Gasteiger partial charge in [0.2, 0.25) is 0 Å². The van der Waals surface area contributed by atoms with Crippen molar-refractivity contribution >= 4 is 12.1 Å². The first-order valence-electron chi connectivity index (χ1n) is 3.28. The Morgan fingerprint density at radius 1 is 1.50 bits per heavy atom. The van der Waals surface area contributed by atoms with E-state index in [0.717, 1.165) is 0 Å². The molecule has 70 valence electrons. The Kier molecular flexibility index (Phi) is 5.72. The molecule has 2 N–H and O–H groups in total. The molecule has 12 heavy (non-hydrogen) atoms. The Morgan fingerprint density at radius 3 is 2.67 bits per heavy atom. The SMILES string of the molecule is COC(=O)NCCOCC(=O)O. The normalized spacial score (nSPS) is 9.08. The predicted octanol–water partition coefficient (Wildman–Crippen LogP) is -0.556. The zero-order valence-electron chi connectivity index (χ0n) is 6.70. The van der Waals surface area contributed by atoms with E-state index in [2.05, 4.69) is 14.8 Å². The van der Waals surface area contributed by atoms with Gasteiger partial charge in [-0.1, -0.05) is 0 Å². The third kappa shape index (κ3) is 6.81. The highest BCUT2D eigenvalue weighted by atomic mass is 16.5. The van der Waals surface area contributed by atoms with Gasteiger partial charge in [0.05, 0.1) is 13.7 Å². The highest BCUT2D eigenvalue weighted by Crippen LogP contribution is 1.75. The van der Waals surface area contributed by atoms with Crippen LogP contribution in [0.4, 0.5) is 4.79 Å². The fourth-order valence-corrected chi connectivity index (χ4v) is 0.457. The number of hydrogen-bond donors (Lipinski definition) is 2. The van der Waals surface area contributed by atoms with Crippen LogP contribution < -0.4 is 5.32 Å². The van der Waals surface area contributed by atoms with Crippen molar-refractivity contribution < 1.29 is 24.2 Å². The standard InChI is InChI=1S/C6H11NO5/c1-11-6(10)7-2-3-12-4-5(8)9/h2-4H2,1H3,(H,7,10)(H,8,9). The molecule has 0 radical (unpaired) electrons. The van der Waals surface area contributed by atoms with Crippen molar-refractivity contribution in [2.75, 3.05) is 26.9 Å². The van der Waals surface area contributed by atoms with E-state index in [9.17, 15) is 9.59 Å². The zero-order chi connectivity index (χ0) is 9.40. The molecular formula is C6H11NO5. The van der Waals surface area contributed by atoms with Gasteiger partial charge in [-0.25, -0.2) is 9.59 Å². The molecule has 0 saturated carbocycles. The maximum absolute atomic E-state index is 10.4. The molecule has 0 aliphatic carbocycles. The molecule has 0 atom stereocenters. The van der Waals surface area contributed by atoms with E-state index < -0.39 is 12.1 Å². The van der Waals surface area contributed by atoms with Crippen molar-refractivity contribution in [3.8, 4) is 0 Å². The number of carboxylic acids is 1. The third-order valence-corrected chi connectivity index (χ3v) is 0.927. The summed E-state index contributed by atoms with van der Waals surface area (Å²) < 4.78 is 8.88. The minimum absolute atomic E-state index is 0.154. The van der Waals surface area contributed by atoms with Crippen molar-refractivity contribution in [1.29, 1.82) is 0 Å². The molecular weight excluding hydrogens is 166 g/mol. The number of rotatable bonds is 5. The summed E-state index contributed by atoms with van der Waals surface area (Å²) in [6.45, 7) is 0.0320. The molecule has 0 aliphatic heterocycles. The molecule has 0 aromatic rings. The predicted molar refractivity (Wildman–Crippen MR) is 38.9 cm³/mol. The summed E-state index contributed by atoms with van der Waals surface area (Å²) in [7, 11) is 1.24. The lowest BCUT2D eigenvalue weighted by Crippen LogP contribution is -2.27. The number of carboxylic acid groups (broad SMARTS) is 1. The van der Waals surface area contributed by atoms with Crippen molar-refractivity contribution in [1.82, 2.24) is 5.32 Å². The van der Waals surface area contributed by atoms with Crippen molar-refractivity contribution in [2.45, 2.75) is 0 Å². The van der Waals surface area contributed by atoms with Crippen LogP contribution in [-0.4, -0.2) is 44.0 Å². The topological polar surface area (TPSA) is 84.9 Å². The van der Waals surface area contributed by atoms with E-state index in [1.54, 1.807) is 0 Å². The van der Waals surface area contributed by atoms with E-state index in [0.29, 0.717) is 0 Å². The van der Waals surface area contributed by atoms with Crippen LogP contribution >= 0.6 is 0 Å². The molecule has 0 unspecified atom stereocenters. The molecule has 6 nitrogen and oxygen atoms in total. The molecule has 0 spiro atoms. The lowest BCUT2D eigenvalue weighted by Gasteiger charge is -2.02. The maximum Gasteiger partial charge on any atom is 0.406 e. The minimum Gasteiger partial charge on any atom is -0.480 e. The van der Waals surface area contributed by atoms with E-state index in [-0.39, 0.29) is 19.8 Å². The molecule has 1 amide bonds. The monoisotopic (exact) mass is 177 g/mol. The third-order valence-electron chi connectivity index (χ3n) is 0.927. The van der Waals surface area contributed by atoms with Crippen molar-refractivity contribution in [2.24, 2.45) is 0 Å². The van der Waals surface area contributed by atoms with Gasteiger partial charge < -0.3 is 19.9 Å². The Balaban J connectivity index is 3.11. The Labute approximate surface area is 69.5 Å². The fraction of sp³-hybridized carbons (Fsp3) is 0.667. The van der Waals surface area contributed by atoms with Crippen molar-refractivity contribution in [3.63, 3.8) is 0 Å². The van der Waals surface area contributed by atoms with Crippen LogP contribution in [-0.2, 0) is 14.3 Å². The average Bonchev–Trinajstić information content (AvgIpc) is 2.03. The second kappa shape index (κ2) is 6.41. The van der Waals surface area contributed by atoms with Gasteiger partial charge in [0, 0.05) is 6.54 Å². The number of hydrogen-bond acceptors (Lipinski definition) is 4. The first-order chi connectivity index (χ1) is 5.66. The second-order valence-corrected chi connectivity index (χ2v) is 1.86. The highest BCUT2D eigenvalue weighted by Gasteiger charge is 1.98. The summed E-state index contributed by atoms with van der Waals surface area (Å²) in [5, 5.41) is 10.5. The number of carbonyl (C=O) groups is 2. The van der Waals surface area contributed by atoms with E-state index >= 15 is 0 Å². The first kappa shape index (κ1) is 10.7. The number of ether oxygens (including phenoxy) is 2. The van der Waals surface area contributed by atoms with Gasteiger partial charge in [0.1, 0.15) is 6.61 Å². The molecule has 0 aliphatic rings. The first-order valence-corrected chi connectivity index (χ1v) is 3.28. The molecule has 0 rings (SSSR count). The van der Waals surface area contributed by atoms with Gasteiger partial charge >= 0.3 is 12.1 Å². The minimum atomic E-state index is -1.03. The fourth-order valence-electron chi connectivity index (χ4n) is 0.457. The van der Waals surface area contributed by atoms with Gasteiger partial charge in [0.25, 0.3) is 0 Å². The van der Waals surface area contributed by atoms with Crippen LogP contribution in [0.2, 0.25) is 0 Å². The van der Waals surface area contributed by atoms with Gasteiger partial charge in [-0.3, -0.25) is 0 Å². The summed E-state index contributed by atoms with van der Waals surface area (Å²) in [5.74, 6) is -1.03. The zero-order valence-corrected chi connectivity index (χ0v) is 6.70. The maximum atomic E-state index is 10.4. The smallest absolute Gasteiger partial charge is 0.406 e. The van der Waals surface area contributed by atoms with Crippen LogP contribution in [0, 0.1) is 0 Å². The summed E-state index contributed by atoms with van der Waals surface area (Å²) >= 11 is 0. The van der Waals surface area contributed by atoms with E-state index in [4.69, 9.17) is 5.11 Å². The van der Waals surface area contributed by atoms with Gasteiger partial charge in [0.15, 0.2) is 0 Å². The molecule has 6 heteroatoms. The Hall–Kier alpha value is -1.30. The summed E-state index contributed by atoms with van der Waals surface area (Å²) in [6, 6.07) is 0. The second-order valence-electron chi connectivity index (χ2n) is 1.86. The molecule has 0 aromatic carbocycles. The number of carbonyl (C=O) groups excluding carboxylic acids is 1. The van der Waals surface area contributed by atoms with Gasteiger partial charge in [-0.15, -0.1) is 0 Å². The van der Waals surface area contributed by atoms with Crippen LogP contribution in [0.15, 0.2) is 0 Å². The van der Waals surface area contributed by atoms with E-state index in [1.165, 1.54) is 7.11 Å². The molecule has 0 saturated heterocycles. The largest absolute Gasteiger partial charge is 0.480 e. The quantitative estimate of drug-likeness (QED) is 0.550. The molecule has 0 heterocycles. The van der Waals surface area contributed by atoms with Gasteiger partial charge in [-0.2, -0.15) is 0 Å². The Bertz CT molecular complexity index is 158. The summed E-state index contributed by atoms with van der Waals surface area (Å²) in [6.07, 6.45) is -0.561. The number of nitrogens with one attached hydrogen (secondary N) is 1.